The molecule has 0 radical (unpaired) electrons. The molecule has 5 heteroatoms. The van der Waals surface area contributed by atoms with Gasteiger partial charge in [0.15, 0.2) is 0 Å². The van der Waals surface area contributed by atoms with Gasteiger partial charge in [-0.15, -0.1) is 0 Å². The lowest BCUT2D eigenvalue weighted by atomic mass is 10.0. The molecule has 0 N–H and O–H groups in total. The van der Waals surface area contributed by atoms with Crippen molar-refractivity contribution >= 4 is 7.82 Å². The predicted molar refractivity (Wildman–Crippen MR) is 80.9 cm³/mol. The second-order valence-corrected chi connectivity index (χ2v) is 6.45. The van der Waals surface area contributed by atoms with Gasteiger partial charge in [0.2, 0.25) is 0 Å². The molecule has 20 heavy (non-hydrogen) atoms. The molecule has 0 spiro atoms. The lowest BCUT2D eigenvalue weighted by Gasteiger charge is -2.20. The normalized spacial score (nSPS) is 15.6. The van der Waals surface area contributed by atoms with Crippen molar-refractivity contribution in [2.24, 2.45) is 5.92 Å². The van der Waals surface area contributed by atoms with Crippen molar-refractivity contribution in [1.29, 1.82) is 0 Å². The van der Waals surface area contributed by atoms with Crippen LogP contribution in [0.25, 0.3) is 0 Å². The smallest absolute Gasteiger partial charge is 0.404 e. The van der Waals surface area contributed by atoms with Crippen LogP contribution in [0.2, 0.25) is 0 Å². The fourth-order valence-electron chi connectivity index (χ4n) is 1.82. The third-order valence-electron chi connectivity index (χ3n) is 3.20. The van der Waals surface area contributed by atoms with E-state index in [1.54, 1.807) is 12.1 Å². The molecule has 0 saturated heterocycles. The number of hydrogen-bond donors (Lipinski definition) is 0. The molecule has 1 rings (SSSR count). The highest BCUT2D eigenvalue weighted by atomic mass is 31.2. The van der Waals surface area contributed by atoms with Crippen LogP contribution >= 0.6 is 7.82 Å². The molecular weight excluding hydrogens is 275 g/mol. The fraction of sp³-hybridized carbons (Fsp3) is 0.600. The first-order chi connectivity index (χ1) is 9.63. The minimum atomic E-state index is -3.52. The monoisotopic (exact) mass is 300 g/mol. The zero-order chi connectivity index (χ0) is 14.8. The summed E-state index contributed by atoms with van der Waals surface area (Å²) in [6, 6.07) is 8.94. The van der Waals surface area contributed by atoms with Crippen LogP contribution in [0.4, 0.5) is 0 Å². The lowest BCUT2D eigenvalue weighted by Crippen LogP contribution is -2.10. The second-order valence-electron chi connectivity index (χ2n) is 4.75. The molecule has 2 atom stereocenters. The zero-order valence-electron chi connectivity index (χ0n) is 12.6. The van der Waals surface area contributed by atoms with Gasteiger partial charge in [-0.1, -0.05) is 51.3 Å². The largest absolute Gasteiger partial charge is 0.529 e. The Morgan fingerprint density at radius 2 is 1.90 bits per heavy atom. The molecule has 0 fully saturated rings. The highest BCUT2D eigenvalue weighted by molar-refractivity contribution is 7.48. The second kappa shape index (κ2) is 9.17. The molecule has 0 aliphatic heterocycles. The Hall–Kier alpha value is -0.830. The number of phosphoric acid groups is 1. The molecule has 0 saturated carbocycles. The summed E-state index contributed by atoms with van der Waals surface area (Å²) in [5.74, 6) is 0.872. The number of rotatable bonds is 10. The van der Waals surface area contributed by atoms with Gasteiger partial charge in [-0.25, -0.2) is 4.57 Å². The quantitative estimate of drug-likeness (QED) is 0.567. The SMILES string of the molecule is CCCCC(CC)COP(=O)(OC)Oc1ccccc1. The van der Waals surface area contributed by atoms with Crippen LogP contribution in [-0.4, -0.2) is 13.7 Å². The van der Waals surface area contributed by atoms with Crippen LogP contribution in [-0.2, 0) is 13.6 Å². The van der Waals surface area contributed by atoms with E-state index in [1.165, 1.54) is 7.11 Å². The summed E-state index contributed by atoms with van der Waals surface area (Å²) in [5.41, 5.74) is 0. The van der Waals surface area contributed by atoms with Crippen LogP contribution in [0.3, 0.4) is 0 Å². The van der Waals surface area contributed by atoms with Gasteiger partial charge in [-0.3, -0.25) is 9.05 Å². The molecule has 0 aliphatic rings. The van der Waals surface area contributed by atoms with Gasteiger partial charge in [0.25, 0.3) is 0 Å². The van der Waals surface area contributed by atoms with E-state index in [0.717, 1.165) is 25.7 Å². The molecule has 114 valence electrons. The van der Waals surface area contributed by atoms with Crippen LogP contribution in [0.5, 0.6) is 5.75 Å². The summed E-state index contributed by atoms with van der Waals surface area (Å²) in [7, 11) is -2.18. The van der Waals surface area contributed by atoms with E-state index in [-0.39, 0.29) is 0 Å². The van der Waals surface area contributed by atoms with Crippen molar-refractivity contribution in [3.05, 3.63) is 30.3 Å². The lowest BCUT2D eigenvalue weighted by molar-refractivity contribution is 0.149. The number of unbranched alkanes of at least 4 members (excludes halogenated alkanes) is 1. The maximum atomic E-state index is 12.4. The first kappa shape index (κ1) is 17.2. The maximum absolute atomic E-state index is 12.4. The Kier molecular flexibility index (Phi) is 7.90. The maximum Gasteiger partial charge on any atom is 0.529 e. The van der Waals surface area contributed by atoms with Crippen LogP contribution < -0.4 is 4.52 Å². The van der Waals surface area contributed by atoms with Crippen molar-refractivity contribution in [3.8, 4) is 5.75 Å². The van der Waals surface area contributed by atoms with Gasteiger partial charge in [-0.05, 0) is 24.5 Å². The molecule has 0 aliphatic carbocycles. The van der Waals surface area contributed by atoms with Crippen molar-refractivity contribution in [2.45, 2.75) is 39.5 Å². The van der Waals surface area contributed by atoms with Crippen molar-refractivity contribution in [1.82, 2.24) is 0 Å². The Labute approximate surface area is 122 Å². The Morgan fingerprint density at radius 1 is 1.20 bits per heavy atom. The van der Waals surface area contributed by atoms with Gasteiger partial charge in [0, 0.05) is 7.11 Å². The summed E-state index contributed by atoms with van der Waals surface area (Å²) < 4.78 is 28.1. The Balaban J connectivity index is 2.54. The average Bonchev–Trinajstić information content (AvgIpc) is 2.48. The van der Waals surface area contributed by atoms with E-state index in [1.807, 2.05) is 18.2 Å². The first-order valence-electron chi connectivity index (χ1n) is 7.18. The van der Waals surface area contributed by atoms with Gasteiger partial charge in [0.05, 0.1) is 6.61 Å². The highest BCUT2D eigenvalue weighted by Crippen LogP contribution is 2.49. The number of phosphoric ester groups is 1. The van der Waals surface area contributed by atoms with E-state index < -0.39 is 7.82 Å². The summed E-state index contributed by atoms with van der Waals surface area (Å²) in [4.78, 5) is 0. The molecule has 2 unspecified atom stereocenters. The van der Waals surface area contributed by atoms with E-state index in [0.29, 0.717) is 18.3 Å². The van der Waals surface area contributed by atoms with Crippen molar-refractivity contribution in [2.75, 3.05) is 13.7 Å². The molecule has 0 aromatic heterocycles. The third-order valence-corrected chi connectivity index (χ3v) is 4.54. The van der Waals surface area contributed by atoms with Crippen molar-refractivity contribution < 1.29 is 18.1 Å². The molecule has 0 amide bonds. The first-order valence-corrected chi connectivity index (χ1v) is 8.64. The van der Waals surface area contributed by atoms with Crippen LogP contribution in [0.1, 0.15) is 39.5 Å². The fourth-order valence-corrected chi connectivity index (χ4v) is 2.83. The van der Waals surface area contributed by atoms with E-state index in [9.17, 15) is 4.57 Å². The Bertz CT molecular complexity index is 408. The third kappa shape index (κ3) is 6.08. The number of hydrogen-bond acceptors (Lipinski definition) is 4. The number of benzene rings is 1. The van der Waals surface area contributed by atoms with Gasteiger partial charge in [-0.2, -0.15) is 0 Å². The van der Waals surface area contributed by atoms with Crippen LogP contribution in [0, 0.1) is 5.92 Å². The molecule has 1 aromatic rings. The topological polar surface area (TPSA) is 44.8 Å². The highest BCUT2D eigenvalue weighted by Gasteiger charge is 2.28. The molecule has 0 heterocycles. The average molecular weight is 300 g/mol. The summed E-state index contributed by atoms with van der Waals surface area (Å²) in [6.45, 7) is 4.67. The van der Waals surface area contributed by atoms with Gasteiger partial charge < -0.3 is 4.52 Å². The minimum Gasteiger partial charge on any atom is -0.404 e. The molecule has 4 nitrogen and oxygen atoms in total. The summed E-state index contributed by atoms with van der Waals surface area (Å²) in [6.07, 6.45) is 4.37. The standard InChI is InChI=1S/C15H25O4P/c1-4-6-10-14(5-2)13-18-20(16,17-3)19-15-11-8-7-9-12-15/h7-9,11-12,14H,4-6,10,13H2,1-3H3. The van der Waals surface area contributed by atoms with Crippen LogP contribution in [0.15, 0.2) is 30.3 Å². The Morgan fingerprint density at radius 3 is 2.45 bits per heavy atom. The minimum absolute atomic E-state index is 0.387. The summed E-state index contributed by atoms with van der Waals surface area (Å²) >= 11 is 0. The van der Waals surface area contributed by atoms with E-state index in [2.05, 4.69) is 13.8 Å². The van der Waals surface area contributed by atoms with E-state index >= 15 is 0 Å². The molecule has 0 bridgehead atoms. The van der Waals surface area contributed by atoms with Gasteiger partial charge >= 0.3 is 7.82 Å². The number of para-hydroxylation sites is 1. The molecular formula is C15H25O4P. The zero-order valence-corrected chi connectivity index (χ0v) is 13.5. The van der Waals surface area contributed by atoms with E-state index in [4.69, 9.17) is 13.6 Å². The molecule has 1 aromatic carbocycles. The summed E-state index contributed by atoms with van der Waals surface area (Å²) in [5, 5.41) is 0. The van der Waals surface area contributed by atoms with Gasteiger partial charge in [0.1, 0.15) is 5.75 Å². The van der Waals surface area contributed by atoms with Crippen molar-refractivity contribution in [3.63, 3.8) is 0 Å². The predicted octanol–water partition coefficient (Wildman–Crippen LogP) is 5.05.